The highest BCUT2D eigenvalue weighted by atomic mass is 79.9. The van der Waals surface area contributed by atoms with Gasteiger partial charge in [-0.25, -0.2) is 0 Å². The van der Waals surface area contributed by atoms with Crippen LogP contribution in [-0.2, 0) is 16.0 Å². The molecule has 1 aromatic carbocycles. The Labute approximate surface area is 125 Å². The lowest BCUT2D eigenvalue weighted by Gasteiger charge is -2.22. The average molecular weight is 345 g/mol. The Kier molecular flexibility index (Phi) is 5.24. The third kappa shape index (κ3) is 4.90. The number of hydrogen-bond acceptors (Lipinski definition) is 5. The van der Waals surface area contributed by atoms with Gasteiger partial charge >= 0.3 is 5.97 Å². The van der Waals surface area contributed by atoms with E-state index in [2.05, 4.69) is 15.9 Å². The molecule has 0 saturated heterocycles. The van der Waals surface area contributed by atoms with Crippen LogP contribution >= 0.6 is 15.9 Å². The van der Waals surface area contributed by atoms with E-state index in [9.17, 15) is 14.9 Å². The Bertz CT molecular complexity index is 526. The molecule has 110 valence electrons. The molecule has 1 atom stereocenters. The van der Waals surface area contributed by atoms with Crippen LogP contribution in [0.15, 0.2) is 22.7 Å². The Balaban J connectivity index is 2.88. The minimum absolute atomic E-state index is 0.0541. The Morgan fingerprint density at radius 1 is 1.50 bits per heavy atom. The molecule has 0 bridgehead atoms. The summed E-state index contributed by atoms with van der Waals surface area (Å²) in [6.07, 6.45) is 0.0541. The molecule has 0 amide bonds. The van der Waals surface area contributed by atoms with Crippen LogP contribution < -0.4 is 5.73 Å². The summed E-state index contributed by atoms with van der Waals surface area (Å²) in [6, 6.07) is 3.70. The monoisotopic (exact) mass is 344 g/mol. The van der Waals surface area contributed by atoms with Crippen LogP contribution in [0.4, 0.5) is 5.69 Å². The predicted octanol–water partition coefficient (Wildman–Crippen LogP) is 2.57. The first-order valence-corrected chi connectivity index (χ1v) is 6.80. The zero-order chi connectivity index (χ0) is 15.5. The van der Waals surface area contributed by atoms with Gasteiger partial charge in [0.1, 0.15) is 11.6 Å². The Morgan fingerprint density at radius 3 is 2.60 bits per heavy atom. The lowest BCUT2D eigenvalue weighted by molar-refractivity contribution is -0.385. The summed E-state index contributed by atoms with van der Waals surface area (Å²) in [5.74, 6) is -0.574. The summed E-state index contributed by atoms with van der Waals surface area (Å²) < 4.78 is 5.75. The van der Waals surface area contributed by atoms with Crippen molar-refractivity contribution in [3.63, 3.8) is 0 Å². The van der Waals surface area contributed by atoms with E-state index in [4.69, 9.17) is 10.5 Å². The second-order valence-electron chi connectivity index (χ2n) is 5.37. The number of benzene rings is 1. The summed E-state index contributed by atoms with van der Waals surface area (Å²) in [6.45, 7) is 5.21. The number of esters is 1. The van der Waals surface area contributed by atoms with Gasteiger partial charge in [-0.3, -0.25) is 14.9 Å². The molecular weight excluding hydrogens is 328 g/mol. The number of nitrogens with two attached hydrogens (primary N) is 1. The molecule has 2 N–H and O–H groups in total. The molecule has 0 aliphatic heterocycles. The van der Waals surface area contributed by atoms with E-state index in [1.165, 1.54) is 6.07 Å². The second-order valence-corrected chi connectivity index (χ2v) is 6.29. The summed E-state index contributed by atoms with van der Waals surface area (Å²) >= 11 is 3.17. The van der Waals surface area contributed by atoms with Crippen molar-refractivity contribution in [2.45, 2.75) is 38.8 Å². The topological polar surface area (TPSA) is 95.5 Å². The summed E-state index contributed by atoms with van der Waals surface area (Å²) in [5, 5.41) is 11.0. The molecule has 0 heterocycles. The maximum absolute atomic E-state index is 11.8. The van der Waals surface area contributed by atoms with Crippen molar-refractivity contribution in [3.05, 3.63) is 38.3 Å². The maximum atomic E-state index is 11.8. The van der Waals surface area contributed by atoms with E-state index in [0.717, 1.165) is 0 Å². The molecule has 0 radical (unpaired) electrons. The number of halogens is 1. The van der Waals surface area contributed by atoms with Crippen molar-refractivity contribution in [2.75, 3.05) is 0 Å². The number of hydrogen-bond donors (Lipinski definition) is 1. The zero-order valence-corrected chi connectivity index (χ0v) is 13.1. The van der Waals surface area contributed by atoms with Crippen LogP contribution in [0.5, 0.6) is 0 Å². The van der Waals surface area contributed by atoms with Gasteiger partial charge in [0.05, 0.1) is 4.92 Å². The fourth-order valence-corrected chi connectivity index (χ4v) is 1.93. The number of carbonyl (C=O) groups excluding carboxylic acids is 1. The Morgan fingerprint density at radius 2 is 2.10 bits per heavy atom. The van der Waals surface area contributed by atoms with Gasteiger partial charge in [-0.15, -0.1) is 0 Å². The first kappa shape index (κ1) is 16.6. The second kappa shape index (κ2) is 6.32. The number of nitro benzene ring substituents is 1. The standard InChI is InChI=1S/C13H17BrN2O4/c1-13(2,3)20-12(17)10(15)6-8-4-5-9(14)7-11(8)16(18)19/h4-5,7,10H,6,15H2,1-3H3/t10-/m0/s1. The summed E-state index contributed by atoms with van der Waals surface area (Å²) in [7, 11) is 0. The normalized spacial score (nSPS) is 12.8. The molecule has 0 unspecified atom stereocenters. The highest BCUT2D eigenvalue weighted by Crippen LogP contribution is 2.24. The molecule has 1 aromatic rings. The van der Waals surface area contributed by atoms with Crippen molar-refractivity contribution >= 4 is 27.6 Å². The van der Waals surface area contributed by atoms with E-state index >= 15 is 0 Å². The zero-order valence-electron chi connectivity index (χ0n) is 11.6. The number of nitro groups is 1. The quantitative estimate of drug-likeness (QED) is 0.514. The van der Waals surface area contributed by atoms with Crippen LogP contribution in [0.1, 0.15) is 26.3 Å². The Hall–Kier alpha value is -1.47. The third-order valence-electron chi connectivity index (χ3n) is 2.39. The van der Waals surface area contributed by atoms with Crippen LogP contribution in [0, 0.1) is 10.1 Å². The highest BCUT2D eigenvalue weighted by Gasteiger charge is 2.25. The largest absolute Gasteiger partial charge is 0.459 e. The highest BCUT2D eigenvalue weighted by molar-refractivity contribution is 9.10. The summed E-state index contributed by atoms with van der Waals surface area (Å²) in [4.78, 5) is 22.3. The molecule has 0 saturated carbocycles. The van der Waals surface area contributed by atoms with E-state index in [1.807, 2.05) is 0 Å². The molecule has 20 heavy (non-hydrogen) atoms. The molecule has 1 rings (SSSR count). The van der Waals surface area contributed by atoms with Gasteiger partial charge in [0, 0.05) is 22.5 Å². The minimum Gasteiger partial charge on any atom is -0.459 e. The van der Waals surface area contributed by atoms with E-state index in [0.29, 0.717) is 10.0 Å². The van der Waals surface area contributed by atoms with Crippen LogP contribution in [0.2, 0.25) is 0 Å². The molecule has 0 aliphatic carbocycles. The fourth-order valence-electron chi connectivity index (χ4n) is 1.58. The predicted molar refractivity (Wildman–Crippen MR) is 78.3 cm³/mol. The fraction of sp³-hybridized carbons (Fsp3) is 0.462. The van der Waals surface area contributed by atoms with E-state index < -0.39 is 22.5 Å². The van der Waals surface area contributed by atoms with Gasteiger partial charge in [-0.2, -0.15) is 0 Å². The van der Waals surface area contributed by atoms with Gasteiger partial charge in [-0.05, 0) is 26.8 Å². The number of carbonyl (C=O) groups is 1. The van der Waals surface area contributed by atoms with Crippen molar-refractivity contribution in [3.8, 4) is 0 Å². The van der Waals surface area contributed by atoms with Crippen LogP contribution in [0.25, 0.3) is 0 Å². The van der Waals surface area contributed by atoms with E-state index in [1.54, 1.807) is 32.9 Å². The average Bonchev–Trinajstić information content (AvgIpc) is 2.28. The minimum atomic E-state index is -0.936. The number of nitrogens with zero attached hydrogens (tertiary/aromatic N) is 1. The molecule has 0 fully saturated rings. The van der Waals surface area contributed by atoms with Gasteiger partial charge in [0.2, 0.25) is 0 Å². The summed E-state index contributed by atoms with van der Waals surface area (Å²) in [5.41, 5.74) is 5.44. The van der Waals surface area contributed by atoms with E-state index in [-0.39, 0.29) is 12.1 Å². The molecule has 7 heteroatoms. The van der Waals surface area contributed by atoms with Gasteiger partial charge in [-0.1, -0.05) is 22.0 Å². The van der Waals surface area contributed by atoms with Crippen LogP contribution in [-0.4, -0.2) is 22.5 Å². The van der Waals surface area contributed by atoms with Crippen molar-refractivity contribution < 1.29 is 14.5 Å². The number of ether oxygens (including phenoxy) is 1. The van der Waals surface area contributed by atoms with Crippen molar-refractivity contribution in [2.24, 2.45) is 5.73 Å². The van der Waals surface area contributed by atoms with Gasteiger partial charge in [0.15, 0.2) is 0 Å². The molecular formula is C13H17BrN2O4. The lowest BCUT2D eigenvalue weighted by Crippen LogP contribution is -2.38. The van der Waals surface area contributed by atoms with Crippen LogP contribution in [0.3, 0.4) is 0 Å². The van der Waals surface area contributed by atoms with Crippen molar-refractivity contribution in [1.29, 1.82) is 0 Å². The molecule has 0 spiro atoms. The van der Waals surface area contributed by atoms with Gasteiger partial charge < -0.3 is 10.5 Å². The SMILES string of the molecule is CC(C)(C)OC(=O)[C@@H](N)Cc1ccc(Br)cc1[N+](=O)[O-]. The van der Waals surface area contributed by atoms with Gasteiger partial charge in [0.25, 0.3) is 5.69 Å². The number of rotatable bonds is 4. The first-order valence-electron chi connectivity index (χ1n) is 6.01. The smallest absolute Gasteiger partial charge is 0.323 e. The third-order valence-corrected chi connectivity index (χ3v) is 2.89. The van der Waals surface area contributed by atoms with Crippen molar-refractivity contribution in [1.82, 2.24) is 0 Å². The molecule has 0 aliphatic rings. The first-order chi connectivity index (χ1) is 9.10. The lowest BCUT2D eigenvalue weighted by atomic mass is 10.0. The maximum Gasteiger partial charge on any atom is 0.323 e. The molecule has 6 nitrogen and oxygen atoms in total. The molecule has 0 aromatic heterocycles.